The molecule has 3 atom stereocenters. The van der Waals surface area contributed by atoms with Gasteiger partial charge in [0.25, 0.3) is 0 Å². The molecule has 1 N–H and O–H groups in total. The van der Waals surface area contributed by atoms with Crippen LogP contribution in [0.2, 0.25) is 0 Å². The third-order valence-electron chi connectivity index (χ3n) is 4.28. The number of rotatable bonds is 2. The Morgan fingerprint density at radius 3 is 3.00 bits per heavy atom. The largest absolute Gasteiger partial charge is 0.383 e. The van der Waals surface area contributed by atoms with Crippen molar-refractivity contribution in [1.29, 1.82) is 0 Å². The molecule has 0 aromatic carbocycles. The van der Waals surface area contributed by atoms with Gasteiger partial charge in [-0.15, -0.1) is 0 Å². The maximum Gasteiger partial charge on any atom is 0.109 e. The van der Waals surface area contributed by atoms with Crippen LogP contribution in [0.3, 0.4) is 0 Å². The van der Waals surface area contributed by atoms with E-state index >= 15 is 0 Å². The molecule has 3 unspecified atom stereocenters. The summed E-state index contributed by atoms with van der Waals surface area (Å²) >= 11 is 0. The highest BCUT2D eigenvalue weighted by molar-refractivity contribution is 5.15. The van der Waals surface area contributed by atoms with E-state index in [1.807, 2.05) is 10.7 Å². The molecule has 3 nitrogen and oxygen atoms in total. The minimum atomic E-state index is -0.676. The third kappa shape index (κ3) is 1.67. The van der Waals surface area contributed by atoms with Crippen molar-refractivity contribution in [1.82, 2.24) is 9.78 Å². The van der Waals surface area contributed by atoms with Gasteiger partial charge in [0.1, 0.15) is 5.60 Å². The van der Waals surface area contributed by atoms with E-state index < -0.39 is 5.60 Å². The number of aliphatic hydroxyl groups is 1. The van der Waals surface area contributed by atoms with Gasteiger partial charge in [0.05, 0.1) is 5.69 Å². The van der Waals surface area contributed by atoms with Gasteiger partial charge in [0.2, 0.25) is 0 Å². The molecule has 3 heteroatoms. The van der Waals surface area contributed by atoms with Crippen LogP contribution in [0.25, 0.3) is 0 Å². The Hall–Kier alpha value is -0.830. The minimum Gasteiger partial charge on any atom is -0.383 e. The first kappa shape index (κ1) is 11.6. The van der Waals surface area contributed by atoms with Crippen molar-refractivity contribution in [2.24, 2.45) is 11.8 Å². The van der Waals surface area contributed by atoms with Gasteiger partial charge in [-0.3, -0.25) is 4.68 Å². The summed E-state index contributed by atoms with van der Waals surface area (Å²) < 4.78 is 1.93. The monoisotopic (exact) mass is 222 g/mol. The van der Waals surface area contributed by atoms with E-state index in [1.54, 1.807) is 6.20 Å². The first-order chi connectivity index (χ1) is 7.59. The highest BCUT2D eigenvalue weighted by Gasteiger charge is 2.43. The van der Waals surface area contributed by atoms with E-state index in [9.17, 15) is 5.11 Å². The van der Waals surface area contributed by atoms with Crippen LogP contribution in [0.1, 0.15) is 45.7 Å². The molecule has 1 aliphatic rings. The van der Waals surface area contributed by atoms with Crippen LogP contribution in [-0.2, 0) is 12.1 Å². The standard InChI is InChI=1S/C13H22N2O/c1-4-15-12(7-9-14-15)13(16)8-5-6-10(2)11(13)3/h7,9-11,16H,4-6,8H2,1-3H3. The lowest BCUT2D eigenvalue weighted by Crippen LogP contribution is -2.42. The summed E-state index contributed by atoms with van der Waals surface area (Å²) in [7, 11) is 0. The van der Waals surface area contributed by atoms with E-state index in [1.165, 1.54) is 6.42 Å². The molecule has 0 bridgehead atoms. The zero-order valence-corrected chi connectivity index (χ0v) is 10.5. The normalized spacial score (nSPS) is 35.2. The van der Waals surface area contributed by atoms with Crippen molar-refractivity contribution in [3.63, 3.8) is 0 Å². The van der Waals surface area contributed by atoms with Gasteiger partial charge in [-0.2, -0.15) is 5.10 Å². The second-order valence-electron chi connectivity index (χ2n) is 5.11. The van der Waals surface area contributed by atoms with Gasteiger partial charge in [-0.25, -0.2) is 0 Å². The van der Waals surface area contributed by atoms with Crippen molar-refractivity contribution in [3.8, 4) is 0 Å². The zero-order chi connectivity index (χ0) is 11.8. The smallest absolute Gasteiger partial charge is 0.109 e. The molecule has 1 aromatic rings. The highest BCUT2D eigenvalue weighted by Crippen LogP contribution is 2.44. The van der Waals surface area contributed by atoms with Crippen LogP contribution in [-0.4, -0.2) is 14.9 Å². The van der Waals surface area contributed by atoms with Gasteiger partial charge in [0, 0.05) is 12.7 Å². The molecule has 1 fully saturated rings. The average Bonchev–Trinajstić information content (AvgIpc) is 2.74. The highest BCUT2D eigenvalue weighted by atomic mass is 16.3. The molecule has 2 rings (SSSR count). The maximum atomic E-state index is 10.9. The Morgan fingerprint density at radius 2 is 2.31 bits per heavy atom. The summed E-state index contributed by atoms with van der Waals surface area (Å²) in [4.78, 5) is 0. The lowest BCUT2D eigenvalue weighted by atomic mass is 9.69. The number of nitrogens with zero attached hydrogens (tertiary/aromatic N) is 2. The van der Waals surface area contributed by atoms with E-state index in [0.717, 1.165) is 25.1 Å². The number of hydrogen-bond acceptors (Lipinski definition) is 2. The lowest BCUT2D eigenvalue weighted by Gasteiger charge is -2.42. The van der Waals surface area contributed by atoms with Gasteiger partial charge in [-0.05, 0) is 37.7 Å². The average molecular weight is 222 g/mol. The summed E-state index contributed by atoms with van der Waals surface area (Å²) in [6.07, 6.45) is 4.99. The number of aromatic nitrogens is 2. The van der Waals surface area contributed by atoms with Gasteiger partial charge in [0.15, 0.2) is 0 Å². The summed E-state index contributed by atoms with van der Waals surface area (Å²) in [5.74, 6) is 0.891. The van der Waals surface area contributed by atoms with Crippen LogP contribution < -0.4 is 0 Å². The fraction of sp³-hybridized carbons (Fsp3) is 0.769. The Balaban J connectivity index is 2.36. The SMILES string of the molecule is CCn1nccc1C1(O)CCCC(C)C1C. The molecule has 0 saturated heterocycles. The topological polar surface area (TPSA) is 38.0 Å². The van der Waals surface area contributed by atoms with E-state index in [-0.39, 0.29) is 0 Å². The molecule has 90 valence electrons. The summed E-state index contributed by atoms with van der Waals surface area (Å²) in [5, 5.41) is 15.2. The maximum absolute atomic E-state index is 10.9. The van der Waals surface area contributed by atoms with E-state index in [2.05, 4.69) is 25.9 Å². The molecular weight excluding hydrogens is 200 g/mol. The van der Waals surface area contributed by atoms with Crippen molar-refractivity contribution >= 4 is 0 Å². The fourth-order valence-electron chi connectivity index (χ4n) is 2.96. The Morgan fingerprint density at radius 1 is 1.56 bits per heavy atom. The molecule has 0 aliphatic heterocycles. The summed E-state index contributed by atoms with van der Waals surface area (Å²) in [6, 6.07) is 1.97. The number of aryl methyl sites for hydroxylation is 1. The molecule has 1 aliphatic carbocycles. The van der Waals surface area contributed by atoms with E-state index in [0.29, 0.717) is 11.8 Å². The molecule has 0 amide bonds. The predicted molar refractivity (Wildman–Crippen MR) is 64.0 cm³/mol. The molecule has 1 saturated carbocycles. The number of hydrogen-bond donors (Lipinski definition) is 1. The molecule has 0 radical (unpaired) electrons. The van der Waals surface area contributed by atoms with Crippen molar-refractivity contribution in [3.05, 3.63) is 18.0 Å². The fourth-order valence-corrected chi connectivity index (χ4v) is 2.96. The van der Waals surface area contributed by atoms with Crippen LogP contribution in [0, 0.1) is 11.8 Å². The molecule has 16 heavy (non-hydrogen) atoms. The Kier molecular flexibility index (Phi) is 3.06. The molecule has 1 heterocycles. The van der Waals surface area contributed by atoms with Gasteiger partial charge < -0.3 is 5.11 Å². The predicted octanol–water partition coefficient (Wildman–Crippen LogP) is 2.55. The summed E-state index contributed by atoms with van der Waals surface area (Å²) in [6.45, 7) is 7.29. The zero-order valence-electron chi connectivity index (χ0n) is 10.5. The van der Waals surface area contributed by atoms with Crippen molar-refractivity contribution < 1.29 is 5.11 Å². The minimum absolute atomic E-state index is 0.309. The second kappa shape index (κ2) is 4.21. The van der Waals surface area contributed by atoms with Crippen LogP contribution in [0.15, 0.2) is 12.3 Å². The van der Waals surface area contributed by atoms with Crippen molar-refractivity contribution in [2.45, 2.75) is 52.2 Å². The Labute approximate surface area is 97.5 Å². The lowest BCUT2D eigenvalue weighted by molar-refractivity contribution is -0.0751. The molecule has 1 aromatic heterocycles. The van der Waals surface area contributed by atoms with Crippen LogP contribution >= 0.6 is 0 Å². The quantitative estimate of drug-likeness (QED) is 0.835. The first-order valence-electron chi connectivity index (χ1n) is 6.34. The van der Waals surface area contributed by atoms with E-state index in [4.69, 9.17) is 0 Å². The van der Waals surface area contributed by atoms with Gasteiger partial charge >= 0.3 is 0 Å². The second-order valence-corrected chi connectivity index (χ2v) is 5.11. The van der Waals surface area contributed by atoms with Gasteiger partial charge in [-0.1, -0.05) is 20.3 Å². The van der Waals surface area contributed by atoms with Crippen molar-refractivity contribution in [2.75, 3.05) is 0 Å². The third-order valence-corrected chi connectivity index (χ3v) is 4.28. The first-order valence-corrected chi connectivity index (χ1v) is 6.34. The molecule has 0 spiro atoms. The molecular formula is C13H22N2O. The Bertz CT molecular complexity index is 361. The van der Waals surface area contributed by atoms with Crippen LogP contribution in [0.5, 0.6) is 0 Å². The van der Waals surface area contributed by atoms with Crippen LogP contribution in [0.4, 0.5) is 0 Å². The summed E-state index contributed by atoms with van der Waals surface area (Å²) in [5.41, 5.74) is 0.318.